The van der Waals surface area contributed by atoms with Crippen LogP contribution in [0.25, 0.3) is 6.08 Å². The molecule has 0 aliphatic carbocycles. The minimum absolute atomic E-state index is 1.21. The van der Waals surface area contributed by atoms with Crippen molar-refractivity contribution >= 4 is 12.3 Å². The van der Waals surface area contributed by atoms with Crippen molar-refractivity contribution in [3.63, 3.8) is 0 Å². The second-order valence-corrected chi connectivity index (χ2v) is 3.72. The van der Waals surface area contributed by atoms with Crippen LogP contribution >= 0.6 is 0 Å². The molecule has 0 saturated carbocycles. The fourth-order valence-electron chi connectivity index (χ4n) is 1.68. The van der Waals surface area contributed by atoms with E-state index in [-0.39, 0.29) is 0 Å². The Kier molecular flexibility index (Phi) is 2.12. The summed E-state index contributed by atoms with van der Waals surface area (Å²) in [5.41, 5.74) is 4.93. The highest BCUT2D eigenvalue weighted by Crippen LogP contribution is 2.15. The van der Waals surface area contributed by atoms with Crippen molar-refractivity contribution in [2.75, 3.05) is 7.05 Å². The van der Waals surface area contributed by atoms with Gasteiger partial charge in [0, 0.05) is 35.2 Å². The summed E-state index contributed by atoms with van der Waals surface area (Å²) in [6.07, 6.45) is 8.42. The number of nitrogens with zero attached hydrogens (tertiary/aromatic N) is 1. The molecular formula is C12H15N2+. The first kappa shape index (κ1) is 9.00. The van der Waals surface area contributed by atoms with E-state index in [9.17, 15) is 0 Å². The molecule has 2 nitrogen and oxygen atoms in total. The van der Waals surface area contributed by atoms with E-state index in [0.29, 0.717) is 0 Å². The molecule has 0 amide bonds. The fraction of sp³-hybridized carbons (Fsp3) is 0.250. The number of aromatic amines is 1. The predicted molar refractivity (Wildman–Crippen MR) is 59.6 cm³/mol. The Morgan fingerprint density at radius 3 is 2.64 bits per heavy atom. The number of aromatic nitrogens is 1. The van der Waals surface area contributed by atoms with Crippen LogP contribution in [0.1, 0.15) is 17.0 Å². The lowest BCUT2D eigenvalue weighted by atomic mass is 10.2. The molecule has 2 rings (SSSR count). The zero-order valence-electron chi connectivity index (χ0n) is 8.83. The molecule has 0 atom stereocenters. The van der Waals surface area contributed by atoms with Crippen LogP contribution in [0.5, 0.6) is 0 Å². The van der Waals surface area contributed by atoms with Gasteiger partial charge in [-0.25, -0.2) is 4.58 Å². The summed E-state index contributed by atoms with van der Waals surface area (Å²) in [6, 6.07) is 2.17. The van der Waals surface area contributed by atoms with Gasteiger partial charge in [0.05, 0.1) is 0 Å². The van der Waals surface area contributed by atoms with E-state index in [1.54, 1.807) is 0 Å². The molecule has 0 spiro atoms. The van der Waals surface area contributed by atoms with Crippen LogP contribution in [-0.4, -0.2) is 22.8 Å². The van der Waals surface area contributed by atoms with Crippen LogP contribution in [0.2, 0.25) is 0 Å². The topological polar surface area (TPSA) is 18.8 Å². The fourth-order valence-corrected chi connectivity index (χ4v) is 1.68. The molecule has 1 N–H and O–H groups in total. The number of aryl methyl sites for hydroxylation is 2. The SMILES string of the molecule is Cc1cc(C=C2C=CC=[N+]2C)c(C)[nH]1. The molecule has 0 saturated heterocycles. The molecular weight excluding hydrogens is 172 g/mol. The average molecular weight is 187 g/mol. The van der Waals surface area contributed by atoms with Gasteiger partial charge in [0.2, 0.25) is 5.70 Å². The maximum absolute atomic E-state index is 3.30. The van der Waals surface area contributed by atoms with Gasteiger partial charge in [0.15, 0.2) is 6.21 Å². The lowest BCUT2D eigenvalue weighted by Gasteiger charge is -1.92. The molecule has 2 heterocycles. The summed E-state index contributed by atoms with van der Waals surface area (Å²) in [7, 11) is 2.06. The minimum Gasteiger partial charge on any atom is -0.362 e. The molecule has 0 unspecified atom stereocenters. The molecule has 0 bridgehead atoms. The Hall–Kier alpha value is -1.57. The van der Waals surface area contributed by atoms with Crippen molar-refractivity contribution in [2.45, 2.75) is 13.8 Å². The normalized spacial score (nSPS) is 17.9. The van der Waals surface area contributed by atoms with E-state index in [1.165, 1.54) is 22.6 Å². The molecule has 0 fully saturated rings. The van der Waals surface area contributed by atoms with E-state index in [4.69, 9.17) is 0 Å². The molecule has 2 heteroatoms. The van der Waals surface area contributed by atoms with Gasteiger partial charge < -0.3 is 4.98 Å². The smallest absolute Gasteiger partial charge is 0.205 e. The number of hydrogen-bond donors (Lipinski definition) is 1. The Bertz CT molecular complexity index is 445. The first-order valence-electron chi connectivity index (χ1n) is 4.79. The van der Waals surface area contributed by atoms with Crippen LogP contribution in [0.15, 0.2) is 23.9 Å². The first-order valence-corrected chi connectivity index (χ1v) is 4.79. The molecule has 72 valence electrons. The largest absolute Gasteiger partial charge is 0.362 e. The van der Waals surface area contributed by atoms with Crippen molar-refractivity contribution < 1.29 is 4.58 Å². The summed E-state index contributed by atoms with van der Waals surface area (Å²) in [4.78, 5) is 3.30. The van der Waals surface area contributed by atoms with Crippen molar-refractivity contribution in [1.82, 2.24) is 4.98 Å². The highest BCUT2D eigenvalue weighted by molar-refractivity contribution is 5.72. The summed E-state index contributed by atoms with van der Waals surface area (Å²) in [5, 5.41) is 0. The Balaban J connectivity index is 2.38. The van der Waals surface area contributed by atoms with Gasteiger partial charge in [-0.2, -0.15) is 0 Å². The molecule has 0 radical (unpaired) electrons. The van der Waals surface area contributed by atoms with Crippen molar-refractivity contribution in [3.8, 4) is 0 Å². The predicted octanol–water partition coefficient (Wildman–Crippen LogP) is 2.26. The molecule has 14 heavy (non-hydrogen) atoms. The van der Waals surface area contributed by atoms with E-state index < -0.39 is 0 Å². The molecule has 1 aromatic heterocycles. The number of allylic oxidation sites excluding steroid dienone is 2. The van der Waals surface area contributed by atoms with E-state index >= 15 is 0 Å². The van der Waals surface area contributed by atoms with Gasteiger partial charge >= 0.3 is 0 Å². The summed E-state index contributed by atoms with van der Waals surface area (Å²) in [5.74, 6) is 0. The van der Waals surface area contributed by atoms with Gasteiger partial charge in [0.25, 0.3) is 0 Å². The van der Waals surface area contributed by atoms with Crippen molar-refractivity contribution in [2.24, 2.45) is 0 Å². The highest BCUT2D eigenvalue weighted by Gasteiger charge is 2.09. The molecule has 1 aliphatic rings. The van der Waals surface area contributed by atoms with Crippen molar-refractivity contribution in [3.05, 3.63) is 40.9 Å². The monoisotopic (exact) mass is 187 g/mol. The number of likely N-dealkylation sites (N-methyl/N-ethyl adjacent to an activating group) is 1. The minimum atomic E-state index is 1.21. The molecule has 1 aliphatic heterocycles. The number of hydrogen-bond acceptors (Lipinski definition) is 0. The summed E-state index contributed by atoms with van der Waals surface area (Å²) >= 11 is 0. The number of H-pyrrole nitrogens is 1. The quantitative estimate of drug-likeness (QED) is 0.650. The van der Waals surface area contributed by atoms with Gasteiger partial charge in [-0.3, -0.25) is 0 Å². The second kappa shape index (κ2) is 3.29. The lowest BCUT2D eigenvalue weighted by molar-refractivity contribution is -0.427. The number of rotatable bonds is 1. The van der Waals surface area contributed by atoms with E-state index in [2.05, 4.69) is 61.0 Å². The van der Waals surface area contributed by atoms with Crippen LogP contribution in [0.3, 0.4) is 0 Å². The maximum atomic E-state index is 3.30. The standard InChI is InChI=1S/C12H14N2/c1-9-7-11(10(2)13-9)8-12-5-4-6-14(12)3/h4-8H,1-3H3/p+1. The number of nitrogens with one attached hydrogen (secondary N) is 1. The molecule has 1 aromatic rings. The van der Waals surface area contributed by atoms with Crippen LogP contribution in [0, 0.1) is 13.8 Å². The van der Waals surface area contributed by atoms with Crippen molar-refractivity contribution in [1.29, 1.82) is 0 Å². The van der Waals surface area contributed by atoms with Gasteiger partial charge in [-0.15, -0.1) is 0 Å². The maximum Gasteiger partial charge on any atom is 0.205 e. The van der Waals surface area contributed by atoms with Crippen LogP contribution in [0.4, 0.5) is 0 Å². The Morgan fingerprint density at radius 2 is 2.14 bits per heavy atom. The van der Waals surface area contributed by atoms with Gasteiger partial charge in [-0.05, 0) is 19.9 Å². The summed E-state index contributed by atoms with van der Waals surface area (Å²) in [6.45, 7) is 4.18. The highest BCUT2D eigenvalue weighted by atomic mass is 15.0. The third kappa shape index (κ3) is 1.55. The van der Waals surface area contributed by atoms with Crippen LogP contribution < -0.4 is 0 Å². The van der Waals surface area contributed by atoms with E-state index in [0.717, 1.165) is 0 Å². The van der Waals surface area contributed by atoms with Gasteiger partial charge in [-0.1, -0.05) is 0 Å². The zero-order valence-corrected chi connectivity index (χ0v) is 8.83. The van der Waals surface area contributed by atoms with Crippen LogP contribution in [-0.2, 0) is 0 Å². The third-order valence-corrected chi connectivity index (χ3v) is 2.48. The van der Waals surface area contributed by atoms with E-state index in [1.807, 2.05) is 0 Å². The Morgan fingerprint density at radius 1 is 1.36 bits per heavy atom. The zero-order chi connectivity index (χ0) is 10.1. The summed E-state index contributed by atoms with van der Waals surface area (Å²) < 4.78 is 2.11. The lowest BCUT2D eigenvalue weighted by Crippen LogP contribution is -1.98. The average Bonchev–Trinajstić information content (AvgIpc) is 2.62. The second-order valence-electron chi connectivity index (χ2n) is 3.72. The molecule has 0 aromatic carbocycles. The Labute approximate surface area is 84.3 Å². The van der Waals surface area contributed by atoms with Gasteiger partial charge in [0.1, 0.15) is 7.05 Å². The first-order chi connectivity index (χ1) is 6.66. The third-order valence-electron chi connectivity index (χ3n) is 2.48.